The van der Waals surface area contributed by atoms with Gasteiger partial charge in [0, 0.05) is 32.2 Å². The smallest absolute Gasteiger partial charge is 0.274 e. The monoisotopic (exact) mass is 360 g/mol. The molecular formula is C17H17ClN4O3. The normalized spacial score (nSPS) is 14.9. The molecule has 0 saturated carbocycles. The van der Waals surface area contributed by atoms with Crippen molar-refractivity contribution < 1.29 is 9.59 Å². The van der Waals surface area contributed by atoms with E-state index in [1.54, 1.807) is 34.1 Å². The van der Waals surface area contributed by atoms with Gasteiger partial charge in [-0.25, -0.2) is 5.10 Å². The molecule has 1 fully saturated rings. The third kappa shape index (κ3) is 3.88. The number of rotatable bonds is 2. The van der Waals surface area contributed by atoms with E-state index in [0.717, 1.165) is 0 Å². The van der Waals surface area contributed by atoms with Crippen molar-refractivity contribution in [3.63, 3.8) is 0 Å². The Balaban J connectivity index is 1.69. The number of amides is 2. The van der Waals surface area contributed by atoms with E-state index in [2.05, 4.69) is 10.2 Å². The molecule has 1 saturated heterocycles. The van der Waals surface area contributed by atoms with Gasteiger partial charge in [-0.1, -0.05) is 23.7 Å². The average molecular weight is 361 g/mol. The van der Waals surface area contributed by atoms with Gasteiger partial charge in [-0.3, -0.25) is 14.4 Å². The summed E-state index contributed by atoms with van der Waals surface area (Å²) in [5, 5.41) is 6.45. The lowest BCUT2D eigenvalue weighted by atomic mass is 10.2. The third-order valence-corrected chi connectivity index (χ3v) is 4.40. The van der Waals surface area contributed by atoms with Crippen molar-refractivity contribution in [2.75, 3.05) is 26.2 Å². The molecule has 130 valence electrons. The van der Waals surface area contributed by atoms with Gasteiger partial charge in [0.15, 0.2) is 0 Å². The first kappa shape index (κ1) is 17.2. The van der Waals surface area contributed by atoms with Gasteiger partial charge in [0.1, 0.15) is 5.69 Å². The first-order valence-electron chi connectivity index (χ1n) is 7.95. The van der Waals surface area contributed by atoms with Crippen LogP contribution in [0.15, 0.2) is 41.2 Å². The van der Waals surface area contributed by atoms with Crippen molar-refractivity contribution in [2.24, 2.45) is 0 Å². The van der Waals surface area contributed by atoms with E-state index in [1.807, 2.05) is 0 Å². The fourth-order valence-electron chi connectivity index (χ4n) is 2.75. The van der Waals surface area contributed by atoms with Crippen LogP contribution in [0.5, 0.6) is 0 Å². The second-order valence-electron chi connectivity index (χ2n) is 5.72. The predicted octanol–water partition coefficient (Wildman–Crippen LogP) is 1.41. The fraction of sp³-hybridized carbons (Fsp3) is 0.294. The van der Waals surface area contributed by atoms with E-state index < -0.39 is 0 Å². The maximum atomic E-state index is 12.6. The summed E-state index contributed by atoms with van der Waals surface area (Å²) in [5.41, 5.74) is 0.292. The average Bonchev–Trinajstić information content (AvgIpc) is 2.88. The summed E-state index contributed by atoms with van der Waals surface area (Å²) in [7, 11) is 0. The van der Waals surface area contributed by atoms with Gasteiger partial charge in [-0.2, -0.15) is 5.10 Å². The number of benzene rings is 1. The second-order valence-corrected chi connectivity index (χ2v) is 6.13. The number of hydrogen-bond acceptors (Lipinski definition) is 4. The van der Waals surface area contributed by atoms with Gasteiger partial charge in [0.05, 0.1) is 10.6 Å². The van der Waals surface area contributed by atoms with E-state index >= 15 is 0 Å². The van der Waals surface area contributed by atoms with E-state index in [9.17, 15) is 14.4 Å². The van der Waals surface area contributed by atoms with E-state index in [0.29, 0.717) is 43.2 Å². The highest BCUT2D eigenvalue weighted by molar-refractivity contribution is 6.33. The Labute approximate surface area is 149 Å². The Hall–Kier alpha value is -2.67. The van der Waals surface area contributed by atoms with Crippen LogP contribution < -0.4 is 5.56 Å². The first-order chi connectivity index (χ1) is 12.1. The number of nitrogens with zero attached hydrogens (tertiary/aromatic N) is 3. The molecule has 2 aromatic rings. The first-order valence-corrected chi connectivity index (χ1v) is 8.33. The van der Waals surface area contributed by atoms with Crippen LogP contribution in [-0.2, 0) is 0 Å². The van der Waals surface area contributed by atoms with Crippen LogP contribution in [0.2, 0.25) is 5.02 Å². The molecule has 0 radical (unpaired) electrons. The molecule has 0 bridgehead atoms. The number of aromatic nitrogens is 2. The van der Waals surface area contributed by atoms with Crippen LogP contribution >= 0.6 is 11.6 Å². The number of hydrogen-bond donors (Lipinski definition) is 1. The predicted molar refractivity (Wildman–Crippen MR) is 92.7 cm³/mol. The van der Waals surface area contributed by atoms with Crippen molar-refractivity contribution in [3.8, 4) is 0 Å². The highest BCUT2D eigenvalue weighted by atomic mass is 35.5. The van der Waals surface area contributed by atoms with Crippen LogP contribution in [0, 0.1) is 0 Å². The summed E-state index contributed by atoms with van der Waals surface area (Å²) in [5.74, 6) is -0.398. The molecule has 1 aromatic heterocycles. The number of halogens is 1. The SMILES string of the molecule is O=C(c1ccc(=O)[nH]n1)N1CCCN(C(=O)c2ccccc2Cl)CC1. The summed E-state index contributed by atoms with van der Waals surface area (Å²) < 4.78 is 0. The van der Waals surface area contributed by atoms with Crippen molar-refractivity contribution >= 4 is 23.4 Å². The molecule has 0 spiro atoms. The van der Waals surface area contributed by atoms with Crippen LogP contribution in [0.4, 0.5) is 0 Å². The number of aromatic amines is 1. The van der Waals surface area contributed by atoms with Crippen molar-refractivity contribution in [1.82, 2.24) is 20.0 Å². The van der Waals surface area contributed by atoms with Gasteiger partial charge >= 0.3 is 0 Å². The zero-order valence-corrected chi connectivity index (χ0v) is 14.2. The van der Waals surface area contributed by atoms with Crippen LogP contribution in [0.3, 0.4) is 0 Å². The lowest BCUT2D eigenvalue weighted by Gasteiger charge is -2.22. The molecule has 1 aliphatic rings. The Morgan fingerprint density at radius 2 is 1.64 bits per heavy atom. The summed E-state index contributed by atoms with van der Waals surface area (Å²) in [4.78, 5) is 39.5. The van der Waals surface area contributed by atoms with Crippen LogP contribution in [0.1, 0.15) is 27.3 Å². The summed E-state index contributed by atoms with van der Waals surface area (Å²) in [6.45, 7) is 1.88. The number of carbonyl (C=O) groups excluding carboxylic acids is 2. The molecule has 2 amide bonds. The van der Waals surface area contributed by atoms with E-state index in [-0.39, 0.29) is 23.1 Å². The Bertz CT molecular complexity index is 831. The molecular weight excluding hydrogens is 344 g/mol. The number of carbonyl (C=O) groups is 2. The van der Waals surface area contributed by atoms with Crippen molar-refractivity contribution in [3.05, 3.63) is 63.0 Å². The standard InChI is InChI=1S/C17H17ClN4O3/c18-13-5-2-1-4-12(13)16(24)21-8-3-9-22(11-10-21)17(25)14-6-7-15(23)20-19-14/h1-2,4-7H,3,8-11H2,(H,20,23). The molecule has 1 aliphatic heterocycles. The third-order valence-electron chi connectivity index (χ3n) is 4.07. The largest absolute Gasteiger partial charge is 0.337 e. The molecule has 1 aromatic carbocycles. The van der Waals surface area contributed by atoms with Gasteiger partial charge in [-0.15, -0.1) is 0 Å². The van der Waals surface area contributed by atoms with E-state index in [1.165, 1.54) is 12.1 Å². The topological polar surface area (TPSA) is 86.4 Å². The molecule has 7 nitrogen and oxygen atoms in total. The molecule has 0 unspecified atom stereocenters. The maximum Gasteiger partial charge on any atom is 0.274 e. The molecule has 0 aliphatic carbocycles. The molecule has 25 heavy (non-hydrogen) atoms. The molecule has 3 rings (SSSR count). The zero-order valence-electron chi connectivity index (χ0n) is 13.4. The minimum atomic E-state index is -0.357. The highest BCUT2D eigenvalue weighted by Crippen LogP contribution is 2.18. The van der Waals surface area contributed by atoms with Crippen molar-refractivity contribution in [1.29, 1.82) is 0 Å². The second kappa shape index (κ2) is 7.48. The van der Waals surface area contributed by atoms with Gasteiger partial charge in [-0.05, 0) is 24.6 Å². The molecule has 0 atom stereocenters. The minimum absolute atomic E-state index is 0.137. The van der Waals surface area contributed by atoms with Gasteiger partial charge in [0.2, 0.25) is 0 Å². The Kier molecular flexibility index (Phi) is 5.14. The van der Waals surface area contributed by atoms with Gasteiger partial charge in [0.25, 0.3) is 17.4 Å². The van der Waals surface area contributed by atoms with Crippen molar-refractivity contribution in [2.45, 2.75) is 6.42 Å². The Morgan fingerprint density at radius 1 is 0.960 bits per heavy atom. The molecule has 2 heterocycles. The summed E-state index contributed by atoms with van der Waals surface area (Å²) in [6.07, 6.45) is 0.658. The van der Waals surface area contributed by atoms with Crippen LogP contribution in [-0.4, -0.2) is 58.0 Å². The minimum Gasteiger partial charge on any atom is -0.337 e. The van der Waals surface area contributed by atoms with Crippen LogP contribution in [0.25, 0.3) is 0 Å². The number of H-pyrrole nitrogens is 1. The molecule has 1 N–H and O–H groups in total. The number of nitrogens with one attached hydrogen (secondary N) is 1. The Morgan fingerprint density at radius 3 is 2.28 bits per heavy atom. The quantitative estimate of drug-likeness (QED) is 0.877. The zero-order chi connectivity index (χ0) is 17.8. The van der Waals surface area contributed by atoms with E-state index in [4.69, 9.17) is 11.6 Å². The summed E-state index contributed by atoms with van der Waals surface area (Å²) in [6, 6.07) is 9.60. The highest BCUT2D eigenvalue weighted by Gasteiger charge is 2.25. The fourth-order valence-corrected chi connectivity index (χ4v) is 2.97. The van der Waals surface area contributed by atoms with Gasteiger partial charge < -0.3 is 9.80 Å². The lowest BCUT2D eigenvalue weighted by molar-refractivity contribution is 0.0715. The lowest BCUT2D eigenvalue weighted by Crippen LogP contribution is -2.38. The summed E-state index contributed by atoms with van der Waals surface area (Å²) >= 11 is 6.10. The maximum absolute atomic E-state index is 12.6. The molecule has 8 heteroatoms.